The van der Waals surface area contributed by atoms with Gasteiger partial charge in [-0.15, -0.1) is 0 Å². The molecule has 1 atom stereocenters. The third-order valence-corrected chi connectivity index (χ3v) is 4.51. The van der Waals surface area contributed by atoms with Crippen molar-refractivity contribution in [3.8, 4) is 0 Å². The number of halogens is 2. The van der Waals surface area contributed by atoms with Crippen LogP contribution in [-0.2, 0) is 11.3 Å². The Morgan fingerprint density at radius 3 is 2.73 bits per heavy atom. The predicted octanol–water partition coefficient (Wildman–Crippen LogP) is 3.58. The maximum Gasteiger partial charge on any atom is 0.251 e. The second kappa shape index (κ2) is 7.64. The standard InChI is InChI=1S/C20H20F2N2O2/c1-13(17-8-7-16(21)11-18(17)22)23-20(26)15-5-2-4-14(10-15)12-24-9-3-6-19(24)25/h2,4-5,7-8,10-11,13H,3,6,9,12H2,1H3,(H,23,26)/t13-/m1/s1. The second-order valence-corrected chi connectivity index (χ2v) is 6.48. The van der Waals surface area contributed by atoms with Crippen molar-refractivity contribution in [1.82, 2.24) is 10.2 Å². The van der Waals surface area contributed by atoms with Gasteiger partial charge in [0.05, 0.1) is 6.04 Å². The van der Waals surface area contributed by atoms with Crippen LogP contribution in [0.3, 0.4) is 0 Å². The van der Waals surface area contributed by atoms with Crippen molar-refractivity contribution in [3.63, 3.8) is 0 Å². The van der Waals surface area contributed by atoms with E-state index in [4.69, 9.17) is 0 Å². The van der Waals surface area contributed by atoms with Crippen LogP contribution < -0.4 is 5.32 Å². The summed E-state index contributed by atoms with van der Waals surface area (Å²) in [4.78, 5) is 26.0. The van der Waals surface area contributed by atoms with Crippen molar-refractivity contribution in [2.45, 2.75) is 32.4 Å². The van der Waals surface area contributed by atoms with Gasteiger partial charge in [-0.3, -0.25) is 9.59 Å². The Hall–Kier alpha value is -2.76. The topological polar surface area (TPSA) is 49.4 Å². The first-order valence-electron chi connectivity index (χ1n) is 8.56. The molecule has 0 unspecified atom stereocenters. The summed E-state index contributed by atoms with van der Waals surface area (Å²) in [6.45, 7) is 2.85. The first-order chi connectivity index (χ1) is 12.4. The van der Waals surface area contributed by atoms with Gasteiger partial charge in [-0.25, -0.2) is 8.78 Å². The summed E-state index contributed by atoms with van der Waals surface area (Å²) < 4.78 is 26.9. The van der Waals surface area contributed by atoms with Gasteiger partial charge in [-0.1, -0.05) is 18.2 Å². The van der Waals surface area contributed by atoms with E-state index in [1.165, 1.54) is 6.07 Å². The average molecular weight is 358 g/mol. The van der Waals surface area contributed by atoms with Crippen molar-refractivity contribution >= 4 is 11.8 Å². The number of nitrogens with zero attached hydrogens (tertiary/aromatic N) is 1. The minimum atomic E-state index is -0.695. The molecule has 2 aromatic carbocycles. The van der Waals surface area contributed by atoms with E-state index >= 15 is 0 Å². The molecule has 0 radical (unpaired) electrons. The number of rotatable bonds is 5. The fourth-order valence-corrected chi connectivity index (χ4v) is 3.11. The Labute approximate surface area is 150 Å². The van der Waals surface area contributed by atoms with E-state index in [9.17, 15) is 18.4 Å². The molecule has 0 spiro atoms. The van der Waals surface area contributed by atoms with Crippen molar-refractivity contribution < 1.29 is 18.4 Å². The molecule has 1 saturated heterocycles. The van der Waals surface area contributed by atoms with Crippen molar-refractivity contribution in [2.75, 3.05) is 6.54 Å². The van der Waals surface area contributed by atoms with Crippen LogP contribution in [0.5, 0.6) is 0 Å². The summed E-state index contributed by atoms with van der Waals surface area (Å²) >= 11 is 0. The molecular formula is C20H20F2N2O2. The fraction of sp³-hybridized carbons (Fsp3) is 0.300. The van der Waals surface area contributed by atoms with Crippen molar-refractivity contribution in [2.24, 2.45) is 0 Å². The fourth-order valence-electron chi connectivity index (χ4n) is 3.11. The van der Waals surface area contributed by atoms with Crippen LogP contribution in [0.15, 0.2) is 42.5 Å². The van der Waals surface area contributed by atoms with Crippen LogP contribution in [-0.4, -0.2) is 23.3 Å². The van der Waals surface area contributed by atoms with Gasteiger partial charge < -0.3 is 10.2 Å². The molecule has 0 saturated carbocycles. The lowest BCUT2D eigenvalue weighted by molar-refractivity contribution is -0.128. The van der Waals surface area contributed by atoms with E-state index in [2.05, 4.69) is 5.32 Å². The van der Waals surface area contributed by atoms with Gasteiger partial charge >= 0.3 is 0 Å². The lowest BCUT2D eigenvalue weighted by atomic mass is 10.1. The summed E-state index contributed by atoms with van der Waals surface area (Å²) in [7, 11) is 0. The molecule has 2 amide bonds. The zero-order chi connectivity index (χ0) is 18.7. The molecule has 2 aromatic rings. The van der Waals surface area contributed by atoms with Gasteiger partial charge in [0.15, 0.2) is 0 Å². The molecule has 0 aromatic heterocycles. The highest BCUT2D eigenvalue weighted by molar-refractivity contribution is 5.94. The lowest BCUT2D eigenvalue weighted by Gasteiger charge is -2.17. The summed E-state index contributed by atoms with van der Waals surface area (Å²) in [5.41, 5.74) is 1.52. The monoisotopic (exact) mass is 358 g/mol. The van der Waals surface area contributed by atoms with E-state index in [-0.39, 0.29) is 17.4 Å². The molecule has 26 heavy (non-hydrogen) atoms. The van der Waals surface area contributed by atoms with E-state index in [0.717, 1.165) is 30.7 Å². The molecule has 136 valence electrons. The molecule has 1 N–H and O–H groups in total. The van der Waals surface area contributed by atoms with E-state index < -0.39 is 17.7 Å². The van der Waals surface area contributed by atoms with Gasteiger partial charge in [0, 0.05) is 36.7 Å². The third kappa shape index (κ3) is 4.07. The molecule has 0 bridgehead atoms. The first-order valence-corrected chi connectivity index (χ1v) is 8.56. The minimum absolute atomic E-state index is 0.125. The highest BCUT2D eigenvalue weighted by Gasteiger charge is 2.20. The Kier molecular flexibility index (Phi) is 5.30. The first kappa shape index (κ1) is 18.0. The van der Waals surface area contributed by atoms with E-state index in [1.54, 1.807) is 30.0 Å². The number of carbonyl (C=O) groups is 2. The number of hydrogen-bond donors (Lipinski definition) is 1. The van der Waals surface area contributed by atoms with Crippen LogP contribution in [0.1, 0.15) is 47.3 Å². The van der Waals surface area contributed by atoms with Gasteiger partial charge in [0.1, 0.15) is 11.6 Å². The third-order valence-electron chi connectivity index (χ3n) is 4.51. The number of likely N-dealkylation sites (tertiary alicyclic amines) is 1. The van der Waals surface area contributed by atoms with Crippen LogP contribution >= 0.6 is 0 Å². The highest BCUT2D eigenvalue weighted by atomic mass is 19.1. The summed E-state index contributed by atoms with van der Waals surface area (Å²) in [6.07, 6.45) is 1.43. The molecule has 1 aliphatic rings. The zero-order valence-corrected chi connectivity index (χ0v) is 14.5. The Bertz CT molecular complexity index is 838. The summed E-state index contributed by atoms with van der Waals surface area (Å²) in [5, 5.41) is 2.72. The maximum atomic E-state index is 13.9. The Morgan fingerprint density at radius 2 is 2.04 bits per heavy atom. The van der Waals surface area contributed by atoms with E-state index in [1.807, 2.05) is 6.07 Å². The van der Waals surface area contributed by atoms with Gasteiger partial charge in [0.2, 0.25) is 5.91 Å². The molecule has 4 nitrogen and oxygen atoms in total. The number of amides is 2. The SMILES string of the molecule is C[C@@H](NC(=O)c1cccc(CN2CCCC2=O)c1)c1ccc(F)cc1F. The van der Waals surface area contributed by atoms with Crippen LogP contribution in [0.4, 0.5) is 8.78 Å². The van der Waals surface area contributed by atoms with Crippen molar-refractivity contribution in [3.05, 3.63) is 70.8 Å². The normalized spacial score (nSPS) is 15.2. The van der Waals surface area contributed by atoms with Gasteiger partial charge in [-0.05, 0) is 37.1 Å². The van der Waals surface area contributed by atoms with Crippen LogP contribution in [0, 0.1) is 11.6 Å². The quantitative estimate of drug-likeness (QED) is 0.888. The van der Waals surface area contributed by atoms with Gasteiger partial charge in [0.25, 0.3) is 5.91 Å². The summed E-state index contributed by atoms with van der Waals surface area (Å²) in [6, 6.07) is 9.70. The largest absolute Gasteiger partial charge is 0.345 e. The van der Waals surface area contributed by atoms with Crippen LogP contribution in [0.2, 0.25) is 0 Å². The van der Waals surface area contributed by atoms with Crippen LogP contribution in [0.25, 0.3) is 0 Å². The Balaban J connectivity index is 1.69. The molecule has 6 heteroatoms. The summed E-state index contributed by atoms with van der Waals surface area (Å²) in [5.74, 6) is -1.58. The maximum absolute atomic E-state index is 13.9. The number of nitrogens with one attached hydrogen (secondary N) is 1. The number of benzene rings is 2. The number of carbonyl (C=O) groups excluding carboxylic acids is 2. The molecule has 0 aliphatic carbocycles. The number of hydrogen-bond acceptors (Lipinski definition) is 2. The molecule has 1 fully saturated rings. The van der Waals surface area contributed by atoms with Gasteiger partial charge in [-0.2, -0.15) is 0 Å². The Morgan fingerprint density at radius 1 is 1.23 bits per heavy atom. The molecule has 3 rings (SSSR count). The predicted molar refractivity (Wildman–Crippen MR) is 93.3 cm³/mol. The minimum Gasteiger partial charge on any atom is -0.345 e. The van der Waals surface area contributed by atoms with Crippen molar-refractivity contribution in [1.29, 1.82) is 0 Å². The van der Waals surface area contributed by atoms with E-state index in [0.29, 0.717) is 18.5 Å². The zero-order valence-electron chi connectivity index (χ0n) is 14.5. The lowest BCUT2D eigenvalue weighted by Crippen LogP contribution is -2.28. The average Bonchev–Trinajstić information content (AvgIpc) is 2.99. The molecular weight excluding hydrogens is 338 g/mol. The highest BCUT2D eigenvalue weighted by Crippen LogP contribution is 2.19. The smallest absolute Gasteiger partial charge is 0.251 e. The molecule has 1 aliphatic heterocycles. The second-order valence-electron chi connectivity index (χ2n) is 6.48. The molecule has 1 heterocycles.